The van der Waals surface area contributed by atoms with Crippen molar-refractivity contribution in [3.05, 3.63) is 34.3 Å². The molecule has 1 saturated carbocycles. The van der Waals surface area contributed by atoms with Crippen LogP contribution in [0.1, 0.15) is 30.9 Å². The summed E-state index contributed by atoms with van der Waals surface area (Å²) < 4.78 is 0. The Balaban J connectivity index is 1.75. The van der Waals surface area contributed by atoms with Gasteiger partial charge in [0.2, 0.25) is 0 Å². The Bertz CT molecular complexity index is 501. The van der Waals surface area contributed by atoms with Gasteiger partial charge in [0.25, 0.3) is 0 Å². The molecule has 1 aliphatic carbocycles. The molecule has 1 aliphatic rings. The van der Waals surface area contributed by atoms with Crippen LogP contribution in [0.2, 0.25) is 5.02 Å². The van der Waals surface area contributed by atoms with Crippen LogP contribution in [-0.2, 0) is 11.3 Å². The highest BCUT2D eigenvalue weighted by Crippen LogP contribution is 2.26. The van der Waals surface area contributed by atoms with Crippen molar-refractivity contribution in [2.45, 2.75) is 45.3 Å². The number of carbonyl (C=O) groups is 1. The van der Waals surface area contributed by atoms with Crippen LogP contribution in [0.5, 0.6) is 0 Å². The number of carboxylic acids is 1. The summed E-state index contributed by atoms with van der Waals surface area (Å²) in [6, 6.07) is 6.96. The predicted molar refractivity (Wildman–Crippen MR) is 84.7 cm³/mol. The van der Waals surface area contributed by atoms with Gasteiger partial charge in [0.1, 0.15) is 0 Å². The van der Waals surface area contributed by atoms with Gasteiger partial charge in [-0.25, -0.2) is 0 Å². The van der Waals surface area contributed by atoms with E-state index in [1.54, 1.807) is 0 Å². The number of likely N-dealkylation sites (N-methyl/N-ethyl adjacent to an activating group) is 1. The fourth-order valence-corrected chi connectivity index (χ4v) is 2.92. The first-order valence-corrected chi connectivity index (χ1v) is 7.81. The van der Waals surface area contributed by atoms with Crippen LogP contribution < -0.4 is 5.32 Å². The maximum Gasteiger partial charge on any atom is 0.317 e. The molecule has 0 amide bonds. The second-order valence-electron chi connectivity index (χ2n) is 5.74. The lowest BCUT2D eigenvalue weighted by Crippen LogP contribution is -2.53. The van der Waals surface area contributed by atoms with Gasteiger partial charge < -0.3 is 10.4 Å². The monoisotopic (exact) mass is 310 g/mol. The molecule has 5 heteroatoms. The van der Waals surface area contributed by atoms with Crippen molar-refractivity contribution in [2.24, 2.45) is 0 Å². The van der Waals surface area contributed by atoms with Crippen molar-refractivity contribution in [1.82, 2.24) is 10.2 Å². The molecule has 1 fully saturated rings. The Morgan fingerprint density at radius 3 is 2.76 bits per heavy atom. The molecule has 4 nitrogen and oxygen atoms in total. The minimum Gasteiger partial charge on any atom is -0.480 e. The molecule has 0 radical (unpaired) electrons. The number of benzene rings is 1. The highest BCUT2D eigenvalue weighted by atomic mass is 35.5. The number of aryl methyl sites for hydroxylation is 1. The van der Waals surface area contributed by atoms with E-state index in [2.05, 4.69) is 11.4 Å². The van der Waals surface area contributed by atoms with Crippen molar-refractivity contribution in [3.8, 4) is 0 Å². The van der Waals surface area contributed by atoms with Gasteiger partial charge in [-0.3, -0.25) is 9.69 Å². The van der Waals surface area contributed by atoms with Crippen molar-refractivity contribution in [2.75, 3.05) is 13.1 Å². The molecular weight excluding hydrogens is 288 g/mol. The average molecular weight is 311 g/mol. The molecule has 0 spiro atoms. The molecule has 21 heavy (non-hydrogen) atoms. The summed E-state index contributed by atoms with van der Waals surface area (Å²) in [6.07, 6.45) is 2.04. The van der Waals surface area contributed by atoms with E-state index in [4.69, 9.17) is 16.7 Å². The Morgan fingerprint density at radius 2 is 2.19 bits per heavy atom. The smallest absolute Gasteiger partial charge is 0.317 e. The summed E-state index contributed by atoms with van der Waals surface area (Å²) in [4.78, 5) is 12.8. The van der Waals surface area contributed by atoms with Crippen molar-refractivity contribution in [1.29, 1.82) is 0 Å². The molecule has 0 heterocycles. The van der Waals surface area contributed by atoms with Gasteiger partial charge in [0.15, 0.2) is 0 Å². The number of nitrogens with one attached hydrogen (secondary N) is 1. The highest BCUT2D eigenvalue weighted by molar-refractivity contribution is 6.31. The molecule has 116 valence electrons. The van der Waals surface area contributed by atoms with Gasteiger partial charge in [-0.15, -0.1) is 0 Å². The topological polar surface area (TPSA) is 52.6 Å². The van der Waals surface area contributed by atoms with E-state index in [1.807, 2.05) is 30.9 Å². The quantitative estimate of drug-likeness (QED) is 0.813. The zero-order valence-corrected chi connectivity index (χ0v) is 13.4. The predicted octanol–water partition coefficient (Wildman–Crippen LogP) is 2.68. The van der Waals surface area contributed by atoms with Crippen LogP contribution in [0.3, 0.4) is 0 Å². The lowest BCUT2D eigenvalue weighted by atomic mass is 9.85. The minimum absolute atomic E-state index is 0.143. The lowest BCUT2D eigenvalue weighted by Gasteiger charge is -2.42. The van der Waals surface area contributed by atoms with Crippen LogP contribution in [0.25, 0.3) is 0 Å². The van der Waals surface area contributed by atoms with Gasteiger partial charge in [0, 0.05) is 23.7 Å². The Labute approximate surface area is 131 Å². The first-order chi connectivity index (χ1) is 9.99. The molecular formula is C16H23ClN2O2. The summed E-state index contributed by atoms with van der Waals surface area (Å²) in [6.45, 7) is 5.79. The fourth-order valence-electron chi connectivity index (χ4n) is 2.80. The number of halogens is 1. The highest BCUT2D eigenvalue weighted by Gasteiger charge is 2.33. The largest absolute Gasteiger partial charge is 0.480 e. The zero-order valence-electron chi connectivity index (χ0n) is 12.6. The number of hydrogen-bond donors (Lipinski definition) is 2. The van der Waals surface area contributed by atoms with Crippen molar-refractivity contribution >= 4 is 17.6 Å². The fraction of sp³-hybridized carbons (Fsp3) is 0.562. The Hall–Kier alpha value is -1.10. The number of rotatable bonds is 7. The summed E-state index contributed by atoms with van der Waals surface area (Å²) in [5.41, 5.74) is 2.33. The maximum absolute atomic E-state index is 10.8. The van der Waals surface area contributed by atoms with Gasteiger partial charge >= 0.3 is 5.97 Å². The third-order valence-electron chi connectivity index (χ3n) is 4.19. The van der Waals surface area contributed by atoms with E-state index < -0.39 is 5.97 Å². The van der Waals surface area contributed by atoms with Crippen LogP contribution in [0.4, 0.5) is 0 Å². The van der Waals surface area contributed by atoms with E-state index in [-0.39, 0.29) is 6.54 Å². The maximum atomic E-state index is 10.8. The number of hydrogen-bond acceptors (Lipinski definition) is 3. The second kappa shape index (κ2) is 7.25. The number of carboxylic acid groups (broad SMARTS) is 1. The third kappa shape index (κ3) is 4.43. The molecule has 0 atom stereocenters. The SMILES string of the molecule is CCN(CC(=O)O)C1CC(NCc2ccc(Cl)c(C)c2)C1. The molecule has 0 bridgehead atoms. The molecule has 2 N–H and O–H groups in total. The number of aliphatic carboxylic acids is 1. The molecule has 0 unspecified atom stereocenters. The van der Waals surface area contributed by atoms with E-state index in [1.165, 1.54) is 5.56 Å². The molecule has 2 rings (SSSR count). The van der Waals surface area contributed by atoms with Gasteiger partial charge in [0.05, 0.1) is 6.54 Å². The van der Waals surface area contributed by atoms with Crippen LogP contribution in [0, 0.1) is 6.92 Å². The van der Waals surface area contributed by atoms with Crippen molar-refractivity contribution in [3.63, 3.8) is 0 Å². The van der Waals surface area contributed by atoms with E-state index in [9.17, 15) is 4.79 Å². The van der Waals surface area contributed by atoms with Crippen LogP contribution in [-0.4, -0.2) is 41.1 Å². The Morgan fingerprint density at radius 1 is 1.48 bits per heavy atom. The molecule has 0 aromatic heterocycles. The van der Waals surface area contributed by atoms with Gasteiger partial charge in [-0.2, -0.15) is 0 Å². The molecule has 1 aromatic carbocycles. The molecule has 0 aliphatic heterocycles. The zero-order chi connectivity index (χ0) is 15.4. The second-order valence-corrected chi connectivity index (χ2v) is 6.15. The first-order valence-electron chi connectivity index (χ1n) is 7.43. The normalized spacial score (nSPS) is 21.3. The van der Waals surface area contributed by atoms with Gasteiger partial charge in [-0.1, -0.05) is 30.7 Å². The average Bonchev–Trinajstić information content (AvgIpc) is 2.39. The van der Waals surface area contributed by atoms with E-state index in [0.29, 0.717) is 12.1 Å². The van der Waals surface area contributed by atoms with E-state index >= 15 is 0 Å². The van der Waals surface area contributed by atoms with Gasteiger partial charge in [-0.05, 0) is 43.5 Å². The van der Waals surface area contributed by atoms with Crippen LogP contribution in [0.15, 0.2) is 18.2 Å². The molecule has 1 aromatic rings. The number of nitrogens with zero attached hydrogens (tertiary/aromatic N) is 1. The standard InChI is InChI=1S/C16H23ClN2O2/c1-3-19(10-16(20)21)14-7-13(8-14)18-9-12-4-5-15(17)11(2)6-12/h4-6,13-14,18H,3,7-10H2,1-2H3,(H,20,21). The van der Waals surface area contributed by atoms with Crippen LogP contribution >= 0.6 is 11.6 Å². The first kappa shape index (κ1) is 16.3. The van der Waals surface area contributed by atoms with Crippen molar-refractivity contribution < 1.29 is 9.90 Å². The molecule has 0 saturated heterocycles. The summed E-state index contributed by atoms with van der Waals surface area (Å²) in [7, 11) is 0. The summed E-state index contributed by atoms with van der Waals surface area (Å²) in [5, 5.41) is 13.2. The summed E-state index contributed by atoms with van der Waals surface area (Å²) in [5.74, 6) is -0.745. The third-order valence-corrected chi connectivity index (χ3v) is 4.62. The van der Waals surface area contributed by atoms with E-state index in [0.717, 1.165) is 36.5 Å². The minimum atomic E-state index is -0.745. The summed E-state index contributed by atoms with van der Waals surface area (Å²) >= 11 is 6.02. The lowest BCUT2D eigenvalue weighted by molar-refractivity contribution is -0.139. The Kier molecular flexibility index (Phi) is 5.62.